The number of ether oxygens (including phenoxy) is 1. The van der Waals surface area contributed by atoms with Crippen LogP contribution in [0.5, 0.6) is 0 Å². The third kappa shape index (κ3) is 4.89. The molecule has 0 aliphatic heterocycles. The van der Waals surface area contributed by atoms with Gasteiger partial charge in [-0.15, -0.1) is 0 Å². The van der Waals surface area contributed by atoms with Crippen molar-refractivity contribution in [2.45, 2.75) is 13.0 Å². The zero-order chi connectivity index (χ0) is 16.8. The number of hydrogen-bond donors (Lipinski definition) is 1. The van der Waals surface area contributed by atoms with E-state index in [1.807, 2.05) is 37.3 Å². The monoisotopic (exact) mass is 379 g/mol. The van der Waals surface area contributed by atoms with Gasteiger partial charge in [0.15, 0.2) is 6.61 Å². The van der Waals surface area contributed by atoms with Crippen LogP contribution in [0.4, 0.5) is 4.39 Å². The maximum Gasteiger partial charge on any atom is 0.339 e. The number of rotatable bonds is 5. The van der Waals surface area contributed by atoms with E-state index in [4.69, 9.17) is 4.74 Å². The molecule has 0 aromatic heterocycles. The Kier molecular flexibility index (Phi) is 5.87. The van der Waals surface area contributed by atoms with Gasteiger partial charge >= 0.3 is 5.97 Å². The highest BCUT2D eigenvalue weighted by Crippen LogP contribution is 2.19. The Labute approximate surface area is 141 Å². The number of carbonyl (C=O) groups is 2. The average molecular weight is 380 g/mol. The van der Waals surface area contributed by atoms with Crippen LogP contribution in [0.15, 0.2) is 53.0 Å². The van der Waals surface area contributed by atoms with Crippen molar-refractivity contribution >= 4 is 27.8 Å². The predicted octanol–water partition coefficient (Wildman–Crippen LogP) is 3.62. The van der Waals surface area contributed by atoms with Gasteiger partial charge in [0.2, 0.25) is 0 Å². The van der Waals surface area contributed by atoms with Crippen LogP contribution in [-0.2, 0) is 9.53 Å². The second-order valence-corrected chi connectivity index (χ2v) is 5.75. The Bertz CT molecular complexity index is 706. The van der Waals surface area contributed by atoms with E-state index in [9.17, 15) is 14.0 Å². The molecule has 0 fully saturated rings. The van der Waals surface area contributed by atoms with E-state index in [2.05, 4.69) is 21.2 Å². The minimum Gasteiger partial charge on any atom is -0.452 e. The van der Waals surface area contributed by atoms with E-state index in [-0.39, 0.29) is 16.1 Å². The van der Waals surface area contributed by atoms with Crippen molar-refractivity contribution in [2.24, 2.45) is 0 Å². The van der Waals surface area contributed by atoms with E-state index < -0.39 is 24.3 Å². The molecule has 1 N–H and O–H groups in total. The van der Waals surface area contributed by atoms with E-state index in [0.29, 0.717) is 0 Å². The fraction of sp³-hybridized carbons (Fsp3) is 0.176. The fourth-order valence-corrected chi connectivity index (χ4v) is 2.48. The lowest BCUT2D eigenvalue weighted by molar-refractivity contribution is -0.124. The highest BCUT2D eigenvalue weighted by Gasteiger charge is 2.15. The summed E-state index contributed by atoms with van der Waals surface area (Å²) >= 11 is 3.08. The highest BCUT2D eigenvalue weighted by atomic mass is 79.9. The van der Waals surface area contributed by atoms with Gasteiger partial charge in [-0.3, -0.25) is 4.79 Å². The standard InChI is InChI=1S/C17H15BrFNO3/c1-11(12-5-3-2-4-6-12)20-16(21)10-23-17(22)14-8-7-13(19)9-15(14)18/h2-9,11H,10H2,1H3,(H,20,21). The quantitative estimate of drug-likeness (QED) is 0.807. The lowest BCUT2D eigenvalue weighted by Gasteiger charge is -2.14. The topological polar surface area (TPSA) is 55.4 Å². The molecule has 4 nitrogen and oxygen atoms in total. The Morgan fingerprint density at radius 3 is 2.57 bits per heavy atom. The smallest absolute Gasteiger partial charge is 0.339 e. The van der Waals surface area contributed by atoms with Crippen LogP contribution < -0.4 is 5.32 Å². The Morgan fingerprint density at radius 2 is 1.91 bits per heavy atom. The molecule has 2 aromatic carbocycles. The predicted molar refractivity (Wildman–Crippen MR) is 87.4 cm³/mol. The van der Waals surface area contributed by atoms with Gasteiger partial charge in [0.1, 0.15) is 5.82 Å². The molecule has 0 radical (unpaired) electrons. The van der Waals surface area contributed by atoms with Crippen molar-refractivity contribution in [2.75, 3.05) is 6.61 Å². The maximum atomic E-state index is 13.0. The van der Waals surface area contributed by atoms with E-state index >= 15 is 0 Å². The Morgan fingerprint density at radius 1 is 1.22 bits per heavy atom. The van der Waals surface area contributed by atoms with Crippen LogP contribution in [0.3, 0.4) is 0 Å². The van der Waals surface area contributed by atoms with Crippen LogP contribution in [-0.4, -0.2) is 18.5 Å². The zero-order valence-corrected chi connectivity index (χ0v) is 14.0. The number of amides is 1. The van der Waals surface area contributed by atoms with E-state index in [0.717, 1.165) is 17.7 Å². The molecule has 0 bridgehead atoms. The summed E-state index contributed by atoms with van der Waals surface area (Å²) in [6.07, 6.45) is 0. The van der Waals surface area contributed by atoms with Crippen molar-refractivity contribution < 1.29 is 18.7 Å². The molecular formula is C17H15BrFNO3. The molecule has 0 saturated heterocycles. The number of benzene rings is 2. The normalized spacial score (nSPS) is 11.6. The Balaban J connectivity index is 1.88. The van der Waals surface area contributed by atoms with Gasteiger partial charge in [-0.25, -0.2) is 9.18 Å². The first-order chi connectivity index (χ1) is 11.0. The number of esters is 1. The summed E-state index contributed by atoms with van der Waals surface area (Å²) in [4.78, 5) is 23.7. The van der Waals surface area contributed by atoms with Gasteiger partial charge < -0.3 is 10.1 Å². The molecule has 0 spiro atoms. The van der Waals surface area contributed by atoms with Crippen LogP contribution in [0, 0.1) is 5.82 Å². The lowest BCUT2D eigenvalue weighted by Crippen LogP contribution is -2.31. The third-order valence-electron chi connectivity index (χ3n) is 3.16. The molecule has 1 amide bonds. The largest absolute Gasteiger partial charge is 0.452 e. The minimum absolute atomic E-state index is 0.162. The molecule has 0 saturated carbocycles. The van der Waals surface area contributed by atoms with E-state index in [1.54, 1.807) is 0 Å². The lowest BCUT2D eigenvalue weighted by atomic mass is 10.1. The molecule has 23 heavy (non-hydrogen) atoms. The van der Waals surface area contributed by atoms with Gasteiger partial charge in [0.05, 0.1) is 11.6 Å². The number of hydrogen-bond acceptors (Lipinski definition) is 3. The molecule has 2 aromatic rings. The molecule has 6 heteroatoms. The second kappa shape index (κ2) is 7.87. The molecule has 0 aliphatic carbocycles. The van der Waals surface area contributed by atoms with Gasteiger partial charge in [0.25, 0.3) is 5.91 Å². The summed E-state index contributed by atoms with van der Waals surface area (Å²) in [5.41, 5.74) is 1.11. The summed E-state index contributed by atoms with van der Waals surface area (Å²) in [5.74, 6) is -1.57. The SMILES string of the molecule is CC(NC(=O)COC(=O)c1ccc(F)cc1Br)c1ccccc1. The van der Waals surface area contributed by atoms with Crippen LogP contribution in [0.2, 0.25) is 0 Å². The number of carbonyl (C=O) groups excluding carboxylic acids is 2. The second-order valence-electron chi connectivity index (χ2n) is 4.90. The maximum absolute atomic E-state index is 13.0. The summed E-state index contributed by atoms with van der Waals surface area (Å²) < 4.78 is 18.2. The molecule has 1 atom stereocenters. The molecule has 2 rings (SSSR count). The molecule has 0 heterocycles. The molecule has 1 unspecified atom stereocenters. The van der Waals surface area contributed by atoms with Crippen molar-refractivity contribution in [3.63, 3.8) is 0 Å². The summed E-state index contributed by atoms with van der Waals surface area (Å²) in [6, 6.07) is 12.9. The molecular weight excluding hydrogens is 365 g/mol. The summed E-state index contributed by atoms with van der Waals surface area (Å²) in [6.45, 7) is 1.44. The number of nitrogens with one attached hydrogen (secondary N) is 1. The Hall–Kier alpha value is -2.21. The molecule has 120 valence electrons. The van der Waals surface area contributed by atoms with Crippen molar-refractivity contribution in [3.8, 4) is 0 Å². The van der Waals surface area contributed by atoms with Gasteiger partial charge in [-0.05, 0) is 46.6 Å². The number of halogens is 2. The fourth-order valence-electron chi connectivity index (χ4n) is 1.97. The van der Waals surface area contributed by atoms with Crippen molar-refractivity contribution in [3.05, 3.63) is 69.9 Å². The zero-order valence-electron chi connectivity index (χ0n) is 12.4. The van der Waals surface area contributed by atoms with Crippen LogP contribution >= 0.6 is 15.9 Å². The average Bonchev–Trinajstić information content (AvgIpc) is 2.53. The summed E-state index contributed by atoms with van der Waals surface area (Å²) in [5, 5.41) is 2.74. The third-order valence-corrected chi connectivity index (χ3v) is 3.82. The minimum atomic E-state index is -0.695. The first kappa shape index (κ1) is 17.1. The first-order valence-electron chi connectivity index (χ1n) is 6.94. The van der Waals surface area contributed by atoms with Crippen molar-refractivity contribution in [1.29, 1.82) is 0 Å². The van der Waals surface area contributed by atoms with Crippen molar-refractivity contribution in [1.82, 2.24) is 5.32 Å². The van der Waals surface area contributed by atoms with Crippen LogP contribution in [0.1, 0.15) is 28.9 Å². The first-order valence-corrected chi connectivity index (χ1v) is 7.73. The van der Waals surface area contributed by atoms with Gasteiger partial charge in [-0.1, -0.05) is 30.3 Å². The van der Waals surface area contributed by atoms with Crippen LogP contribution in [0.25, 0.3) is 0 Å². The highest BCUT2D eigenvalue weighted by molar-refractivity contribution is 9.10. The van der Waals surface area contributed by atoms with Gasteiger partial charge in [0, 0.05) is 4.47 Å². The van der Waals surface area contributed by atoms with Gasteiger partial charge in [-0.2, -0.15) is 0 Å². The summed E-state index contributed by atoms with van der Waals surface area (Å²) in [7, 11) is 0. The molecule has 0 aliphatic rings. The van der Waals surface area contributed by atoms with E-state index in [1.165, 1.54) is 6.07 Å².